The molecule has 0 radical (unpaired) electrons. The second-order valence-corrected chi connectivity index (χ2v) is 9.20. The summed E-state index contributed by atoms with van der Waals surface area (Å²) in [7, 11) is 0. The molecule has 0 aromatic heterocycles. The molecule has 12 nitrogen and oxygen atoms in total. The van der Waals surface area contributed by atoms with Crippen LogP contribution in [0.1, 0.15) is 33.7 Å². The molecule has 10 unspecified atom stereocenters. The van der Waals surface area contributed by atoms with E-state index in [2.05, 4.69) is 5.32 Å². The summed E-state index contributed by atoms with van der Waals surface area (Å²) >= 11 is 0. The van der Waals surface area contributed by atoms with Gasteiger partial charge in [-0.05, 0) is 35.4 Å². The molecule has 2 heterocycles. The number of rotatable bonds is 6. The zero-order chi connectivity index (χ0) is 26.9. The number of anilines is 1. The van der Waals surface area contributed by atoms with E-state index in [4.69, 9.17) is 9.47 Å². The summed E-state index contributed by atoms with van der Waals surface area (Å²) in [6, 6.07) is 12.4. The first kappa shape index (κ1) is 27.5. The molecule has 0 bridgehead atoms. The van der Waals surface area contributed by atoms with E-state index in [0.717, 1.165) is 0 Å². The first-order chi connectivity index (χ1) is 17.7. The van der Waals surface area contributed by atoms with Crippen molar-refractivity contribution in [3.05, 3.63) is 65.2 Å². The third-order valence-electron chi connectivity index (χ3n) is 6.76. The Labute approximate surface area is 212 Å². The van der Waals surface area contributed by atoms with Gasteiger partial charge in [-0.25, -0.2) is 0 Å². The van der Waals surface area contributed by atoms with E-state index in [9.17, 15) is 45.6 Å². The SMILES string of the molecule is O=C(Nc1ccc(C2OC(CO)C(O)C(O)C2O)cc1)c1cccc(C2OC(CO)C(O)C(O)C2O)c1. The second kappa shape index (κ2) is 11.5. The van der Waals surface area contributed by atoms with Gasteiger partial charge in [0.25, 0.3) is 5.91 Å². The average Bonchev–Trinajstić information content (AvgIpc) is 2.91. The van der Waals surface area contributed by atoms with E-state index < -0.39 is 80.2 Å². The van der Waals surface area contributed by atoms with Crippen molar-refractivity contribution < 1.29 is 55.1 Å². The van der Waals surface area contributed by atoms with E-state index in [0.29, 0.717) is 16.8 Å². The lowest BCUT2D eigenvalue weighted by Gasteiger charge is -2.40. The van der Waals surface area contributed by atoms with Gasteiger partial charge in [-0.1, -0.05) is 24.3 Å². The van der Waals surface area contributed by atoms with Crippen LogP contribution in [-0.4, -0.2) is 109 Å². The molecule has 2 aliphatic rings. The Bertz CT molecular complexity index is 1060. The van der Waals surface area contributed by atoms with Crippen LogP contribution in [-0.2, 0) is 9.47 Å². The first-order valence-electron chi connectivity index (χ1n) is 11.8. The molecule has 12 heteroatoms. The smallest absolute Gasteiger partial charge is 0.255 e. The summed E-state index contributed by atoms with van der Waals surface area (Å²) in [5.74, 6) is -0.493. The van der Waals surface area contributed by atoms with Gasteiger partial charge in [0.1, 0.15) is 61.0 Å². The highest BCUT2D eigenvalue weighted by Gasteiger charge is 2.45. The predicted octanol–water partition coefficient (Wildman–Crippen LogP) is -2.03. The number of ether oxygens (including phenoxy) is 2. The summed E-state index contributed by atoms with van der Waals surface area (Å²) < 4.78 is 11.1. The van der Waals surface area contributed by atoms with Crippen LogP contribution >= 0.6 is 0 Å². The fourth-order valence-electron chi connectivity index (χ4n) is 4.57. The third-order valence-corrected chi connectivity index (χ3v) is 6.76. The van der Waals surface area contributed by atoms with Crippen LogP contribution < -0.4 is 5.32 Å². The third kappa shape index (κ3) is 5.54. The number of hydrogen-bond donors (Lipinski definition) is 9. The molecule has 37 heavy (non-hydrogen) atoms. The molecule has 2 aromatic carbocycles. The van der Waals surface area contributed by atoms with Gasteiger partial charge < -0.3 is 55.6 Å². The largest absolute Gasteiger partial charge is 0.394 e. The molecular weight excluding hydrogens is 490 g/mol. The molecule has 0 spiro atoms. The van der Waals surface area contributed by atoms with Crippen molar-refractivity contribution >= 4 is 11.6 Å². The summed E-state index contributed by atoms with van der Waals surface area (Å²) in [5.41, 5.74) is 1.44. The van der Waals surface area contributed by atoms with Crippen molar-refractivity contribution in [3.63, 3.8) is 0 Å². The summed E-state index contributed by atoms with van der Waals surface area (Å²) in [6.45, 7) is -1.11. The van der Waals surface area contributed by atoms with E-state index >= 15 is 0 Å². The molecule has 2 aromatic rings. The van der Waals surface area contributed by atoms with Crippen LogP contribution in [0.2, 0.25) is 0 Å². The standard InChI is InChI=1S/C25H31NO11/c27-9-15-17(29)19(31)21(33)23(36-15)11-4-6-14(7-5-11)26-25(35)13-3-1-2-12(8-13)24-22(34)20(32)18(30)16(10-28)37-24/h1-8,15-24,27-34H,9-10H2,(H,26,35). The Hall–Kier alpha value is -2.49. The van der Waals surface area contributed by atoms with Gasteiger partial charge >= 0.3 is 0 Å². The normalized spacial score (nSPS) is 36.2. The molecule has 9 N–H and O–H groups in total. The molecule has 2 fully saturated rings. The second-order valence-electron chi connectivity index (χ2n) is 9.20. The minimum absolute atomic E-state index is 0.215. The Kier molecular flexibility index (Phi) is 8.56. The molecule has 1 amide bonds. The zero-order valence-corrected chi connectivity index (χ0v) is 19.6. The van der Waals surface area contributed by atoms with E-state index in [1.165, 1.54) is 12.1 Å². The first-order valence-corrected chi connectivity index (χ1v) is 11.8. The maximum Gasteiger partial charge on any atom is 0.255 e. The van der Waals surface area contributed by atoms with Gasteiger partial charge in [0.15, 0.2) is 0 Å². The van der Waals surface area contributed by atoms with Crippen LogP contribution in [0.5, 0.6) is 0 Å². The van der Waals surface area contributed by atoms with Crippen molar-refractivity contribution in [3.8, 4) is 0 Å². The van der Waals surface area contributed by atoms with Crippen molar-refractivity contribution in [1.82, 2.24) is 0 Å². The topological polar surface area (TPSA) is 209 Å². The van der Waals surface area contributed by atoms with Crippen LogP contribution in [0.25, 0.3) is 0 Å². The van der Waals surface area contributed by atoms with E-state index in [1.54, 1.807) is 36.4 Å². The van der Waals surface area contributed by atoms with Crippen molar-refractivity contribution in [2.45, 2.75) is 61.0 Å². The molecule has 2 saturated heterocycles. The zero-order valence-electron chi connectivity index (χ0n) is 19.6. The molecule has 0 aliphatic carbocycles. The van der Waals surface area contributed by atoms with Crippen molar-refractivity contribution in [1.29, 1.82) is 0 Å². The van der Waals surface area contributed by atoms with Gasteiger partial charge in [-0.3, -0.25) is 4.79 Å². The highest BCUT2D eigenvalue weighted by molar-refractivity contribution is 6.04. The number of nitrogens with one attached hydrogen (secondary N) is 1. The highest BCUT2D eigenvalue weighted by atomic mass is 16.6. The number of aliphatic hydroxyl groups excluding tert-OH is 8. The Morgan fingerprint density at radius 2 is 1.19 bits per heavy atom. The van der Waals surface area contributed by atoms with Gasteiger partial charge in [0.2, 0.25) is 0 Å². The van der Waals surface area contributed by atoms with Crippen LogP contribution in [0, 0.1) is 0 Å². The van der Waals surface area contributed by atoms with Gasteiger partial charge in [0.05, 0.1) is 13.2 Å². The Morgan fingerprint density at radius 3 is 1.70 bits per heavy atom. The van der Waals surface area contributed by atoms with Crippen molar-refractivity contribution in [2.75, 3.05) is 18.5 Å². The monoisotopic (exact) mass is 521 g/mol. The Balaban J connectivity index is 1.46. The van der Waals surface area contributed by atoms with E-state index in [-0.39, 0.29) is 5.56 Å². The lowest BCUT2D eigenvalue weighted by Crippen LogP contribution is -2.55. The highest BCUT2D eigenvalue weighted by Crippen LogP contribution is 2.34. The number of carbonyl (C=O) groups excluding carboxylic acids is 1. The quantitative estimate of drug-likeness (QED) is 0.202. The van der Waals surface area contributed by atoms with Crippen LogP contribution in [0.15, 0.2) is 48.5 Å². The number of benzene rings is 2. The molecular formula is C25H31NO11. The fraction of sp³-hybridized carbons (Fsp3) is 0.480. The summed E-state index contributed by atoms with van der Waals surface area (Å²) in [4.78, 5) is 12.9. The minimum Gasteiger partial charge on any atom is -0.394 e. The number of hydrogen-bond acceptors (Lipinski definition) is 11. The lowest BCUT2D eigenvalue weighted by molar-refractivity contribution is -0.231. The summed E-state index contributed by atoms with van der Waals surface area (Å²) in [5, 5.41) is 82.1. The molecule has 10 atom stereocenters. The minimum atomic E-state index is -1.55. The van der Waals surface area contributed by atoms with Gasteiger partial charge in [-0.15, -0.1) is 0 Å². The van der Waals surface area contributed by atoms with E-state index in [1.807, 2.05) is 0 Å². The van der Waals surface area contributed by atoms with Gasteiger partial charge in [0, 0.05) is 11.3 Å². The maximum absolute atomic E-state index is 12.9. The number of amides is 1. The van der Waals surface area contributed by atoms with Crippen molar-refractivity contribution in [2.24, 2.45) is 0 Å². The number of aliphatic hydroxyl groups is 8. The summed E-state index contributed by atoms with van der Waals surface area (Å²) in [6.07, 6.45) is -13.1. The molecule has 0 saturated carbocycles. The molecule has 4 rings (SSSR count). The predicted molar refractivity (Wildman–Crippen MR) is 126 cm³/mol. The van der Waals surface area contributed by atoms with Crippen LogP contribution in [0.3, 0.4) is 0 Å². The maximum atomic E-state index is 12.9. The van der Waals surface area contributed by atoms with Crippen LogP contribution in [0.4, 0.5) is 5.69 Å². The Morgan fingerprint density at radius 1 is 0.676 bits per heavy atom. The number of carbonyl (C=O) groups is 1. The molecule has 202 valence electrons. The molecule has 2 aliphatic heterocycles. The van der Waals surface area contributed by atoms with Gasteiger partial charge in [-0.2, -0.15) is 0 Å². The average molecular weight is 522 g/mol. The lowest BCUT2D eigenvalue weighted by atomic mass is 9.90. The fourth-order valence-corrected chi connectivity index (χ4v) is 4.57.